The average Bonchev–Trinajstić information content (AvgIpc) is 3.17. The zero-order valence-electron chi connectivity index (χ0n) is 12.4. The van der Waals surface area contributed by atoms with Crippen LogP contribution in [0.3, 0.4) is 0 Å². The van der Waals surface area contributed by atoms with Crippen molar-refractivity contribution in [1.82, 2.24) is 10.3 Å². The van der Waals surface area contributed by atoms with E-state index in [2.05, 4.69) is 32.8 Å². The maximum atomic E-state index is 5.93. The lowest BCUT2D eigenvalue weighted by Gasteiger charge is -2.11. The lowest BCUT2D eigenvalue weighted by molar-refractivity contribution is 0.625. The van der Waals surface area contributed by atoms with Crippen molar-refractivity contribution in [3.63, 3.8) is 0 Å². The SMILES string of the molecule is I.NC(=NCc1csc(-c2ccccc2)n1)NC1CCCC1. The van der Waals surface area contributed by atoms with Crippen LogP contribution in [0.5, 0.6) is 0 Å². The molecule has 2 aromatic rings. The minimum absolute atomic E-state index is 0. The molecule has 118 valence electrons. The summed E-state index contributed by atoms with van der Waals surface area (Å²) in [5, 5.41) is 6.37. The number of halogens is 1. The van der Waals surface area contributed by atoms with Crippen molar-refractivity contribution < 1.29 is 0 Å². The van der Waals surface area contributed by atoms with Crippen LogP contribution in [0.2, 0.25) is 0 Å². The first-order valence-corrected chi connectivity index (χ1v) is 8.25. The topological polar surface area (TPSA) is 63.3 Å². The third-order valence-corrected chi connectivity index (χ3v) is 4.63. The van der Waals surface area contributed by atoms with E-state index in [1.54, 1.807) is 11.3 Å². The highest BCUT2D eigenvalue weighted by Crippen LogP contribution is 2.23. The third kappa shape index (κ3) is 4.67. The van der Waals surface area contributed by atoms with Gasteiger partial charge in [-0.05, 0) is 12.8 Å². The van der Waals surface area contributed by atoms with Gasteiger partial charge in [0.15, 0.2) is 5.96 Å². The summed E-state index contributed by atoms with van der Waals surface area (Å²) in [6.45, 7) is 0.537. The number of thiazole rings is 1. The van der Waals surface area contributed by atoms with E-state index in [9.17, 15) is 0 Å². The van der Waals surface area contributed by atoms with Gasteiger partial charge in [-0.3, -0.25) is 0 Å². The van der Waals surface area contributed by atoms with E-state index < -0.39 is 0 Å². The van der Waals surface area contributed by atoms with Gasteiger partial charge in [0.2, 0.25) is 0 Å². The molecule has 0 atom stereocenters. The monoisotopic (exact) mass is 428 g/mol. The number of rotatable bonds is 4. The fourth-order valence-electron chi connectivity index (χ4n) is 2.58. The van der Waals surface area contributed by atoms with Crippen molar-refractivity contribution in [3.05, 3.63) is 41.4 Å². The number of aromatic nitrogens is 1. The molecule has 0 unspecified atom stereocenters. The zero-order chi connectivity index (χ0) is 14.5. The minimum atomic E-state index is 0. The minimum Gasteiger partial charge on any atom is -0.370 e. The molecular formula is C16H21IN4S. The molecule has 1 heterocycles. The van der Waals surface area contributed by atoms with E-state index in [1.807, 2.05) is 18.2 Å². The smallest absolute Gasteiger partial charge is 0.189 e. The van der Waals surface area contributed by atoms with Crippen LogP contribution in [0.25, 0.3) is 10.6 Å². The molecule has 0 spiro atoms. The summed E-state index contributed by atoms with van der Waals surface area (Å²) in [5.41, 5.74) is 8.05. The molecular weight excluding hydrogens is 407 g/mol. The van der Waals surface area contributed by atoms with Crippen LogP contribution in [0.15, 0.2) is 40.7 Å². The largest absolute Gasteiger partial charge is 0.370 e. The summed E-state index contributed by atoms with van der Waals surface area (Å²) in [4.78, 5) is 9.00. The van der Waals surface area contributed by atoms with Crippen LogP contribution in [-0.4, -0.2) is 17.0 Å². The van der Waals surface area contributed by atoms with Crippen molar-refractivity contribution >= 4 is 41.3 Å². The fraction of sp³-hybridized carbons (Fsp3) is 0.375. The van der Waals surface area contributed by atoms with Crippen LogP contribution in [-0.2, 0) is 6.54 Å². The molecule has 1 aromatic carbocycles. The van der Waals surface area contributed by atoms with Crippen LogP contribution < -0.4 is 11.1 Å². The molecule has 1 aliphatic rings. The molecule has 22 heavy (non-hydrogen) atoms. The summed E-state index contributed by atoms with van der Waals surface area (Å²) in [6, 6.07) is 10.7. The van der Waals surface area contributed by atoms with Crippen molar-refractivity contribution in [2.24, 2.45) is 10.7 Å². The van der Waals surface area contributed by atoms with Crippen LogP contribution in [0, 0.1) is 0 Å². The predicted octanol–water partition coefficient (Wildman–Crippen LogP) is 3.78. The maximum Gasteiger partial charge on any atom is 0.189 e. The molecule has 3 N–H and O–H groups in total. The van der Waals surface area contributed by atoms with Crippen LogP contribution >= 0.6 is 35.3 Å². The van der Waals surface area contributed by atoms with Gasteiger partial charge in [0, 0.05) is 17.0 Å². The normalized spacial score (nSPS) is 15.5. The lowest BCUT2D eigenvalue weighted by atomic mass is 10.2. The van der Waals surface area contributed by atoms with Gasteiger partial charge < -0.3 is 11.1 Å². The first-order chi connectivity index (χ1) is 10.3. The Bertz CT molecular complexity index is 606. The van der Waals surface area contributed by atoms with Gasteiger partial charge >= 0.3 is 0 Å². The Morgan fingerprint density at radius 3 is 2.73 bits per heavy atom. The fourth-order valence-corrected chi connectivity index (χ4v) is 3.40. The third-order valence-electron chi connectivity index (χ3n) is 3.69. The van der Waals surface area contributed by atoms with E-state index in [1.165, 1.54) is 25.7 Å². The number of benzene rings is 1. The van der Waals surface area contributed by atoms with Crippen LogP contribution in [0.4, 0.5) is 0 Å². The summed E-state index contributed by atoms with van der Waals surface area (Å²) < 4.78 is 0. The van der Waals surface area contributed by atoms with E-state index in [-0.39, 0.29) is 24.0 Å². The molecule has 1 aliphatic carbocycles. The molecule has 0 amide bonds. The van der Waals surface area contributed by atoms with Crippen molar-refractivity contribution in [1.29, 1.82) is 0 Å². The van der Waals surface area contributed by atoms with E-state index in [0.29, 0.717) is 18.5 Å². The van der Waals surface area contributed by atoms with Gasteiger partial charge in [0.1, 0.15) is 5.01 Å². The molecule has 4 nitrogen and oxygen atoms in total. The highest BCUT2D eigenvalue weighted by atomic mass is 127. The lowest BCUT2D eigenvalue weighted by Crippen LogP contribution is -2.38. The number of nitrogens with one attached hydrogen (secondary N) is 1. The first kappa shape index (κ1) is 17.2. The summed E-state index contributed by atoms with van der Waals surface area (Å²) in [5.74, 6) is 0.538. The maximum absolute atomic E-state index is 5.93. The highest BCUT2D eigenvalue weighted by molar-refractivity contribution is 14.0. The Labute approximate surface area is 152 Å². The number of aliphatic imine (C=N–C) groups is 1. The van der Waals surface area contributed by atoms with E-state index >= 15 is 0 Å². The second kappa shape index (κ2) is 8.47. The van der Waals surface area contributed by atoms with Gasteiger partial charge in [-0.1, -0.05) is 43.2 Å². The average molecular weight is 428 g/mol. The highest BCUT2D eigenvalue weighted by Gasteiger charge is 2.14. The van der Waals surface area contributed by atoms with Gasteiger partial charge in [-0.25, -0.2) is 9.98 Å². The van der Waals surface area contributed by atoms with Gasteiger partial charge in [0.25, 0.3) is 0 Å². The van der Waals surface area contributed by atoms with Gasteiger partial charge in [-0.2, -0.15) is 0 Å². The number of nitrogens with zero attached hydrogens (tertiary/aromatic N) is 2. The molecule has 3 rings (SSSR count). The van der Waals surface area contributed by atoms with Gasteiger partial charge in [0.05, 0.1) is 12.2 Å². The predicted molar refractivity (Wildman–Crippen MR) is 104 cm³/mol. The molecule has 0 radical (unpaired) electrons. The second-order valence-corrected chi connectivity index (χ2v) is 6.20. The van der Waals surface area contributed by atoms with Crippen molar-refractivity contribution in [3.8, 4) is 10.6 Å². The molecule has 1 fully saturated rings. The zero-order valence-corrected chi connectivity index (χ0v) is 15.5. The second-order valence-electron chi connectivity index (χ2n) is 5.34. The molecule has 6 heteroatoms. The standard InChI is InChI=1S/C16H20N4S.HI/c17-16(20-13-8-4-5-9-13)18-10-14-11-21-15(19-14)12-6-2-1-3-7-12;/h1-3,6-7,11,13H,4-5,8-10H2,(H3,17,18,20);1H. The Balaban J connectivity index is 0.00000176. The van der Waals surface area contributed by atoms with Crippen LogP contribution in [0.1, 0.15) is 31.4 Å². The number of hydrogen-bond donors (Lipinski definition) is 2. The number of hydrogen-bond acceptors (Lipinski definition) is 3. The molecule has 1 saturated carbocycles. The molecule has 0 bridgehead atoms. The molecule has 0 aliphatic heterocycles. The summed E-state index contributed by atoms with van der Waals surface area (Å²) in [7, 11) is 0. The van der Waals surface area contributed by atoms with Crippen molar-refractivity contribution in [2.75, 3.05) is 0 Å². The van der Waals surface area contributed by atoms with Crippen molar-refractivity contribution in [2.45, 2.75) is 38.3 Å². The summed E-state index contributed by atoms with van der Waals surface area (Å²) in [6.07, 6.45) is 4.98. The Hall–Kier alpha value is -1.15. The summed E-state index contributed by atoms with van der Waals surface area (Å²) >= 11 is 1.65. The molecule has 1 aromatic heterocycles. The molecule has 0 saturated heterocycles. The Morgan fingerprint density at radius 2 is 2.00 bits per heavy atom. The Morgan fingerprint density at radius 1 is 1.27 bits per heavy atom. The first-order valence-electron chi connectivity index (χ1n) is 7.37. The van der Waals surface area contributed by atoms with E-state index in [4.69, 9.17) is 5.73 Å². The quantitative estimate of drug-likeness (QED) is 0.443. The number of nitrogens with two attached hydrogens (primary N) is 1. The Kier molecular flexibility index (Phi) is 6.63. The van der Waals surface area contributed by atoms with E-state index in [0.717, 1.165) is 16.3 Å². The van der Waals surface area contributed by atoms with Gasteiger partial charge in [-0.15, -0.1) is 35.3 Å². The number of guanidine groups is 1.